The Labute approximate surface area is 198 Å². The van der Waals surface area contributed by atoms with Crippen molar-refractivity contribution in [3.8, 4) is 17.2 Å². The predicted molar refractivity (Wildman–Crippen MR) is 128 cm³/mol. The Balaban J connectivity index is 2.25. The predicted octanol–water partition coefficient (Wildman–Crippen LogP) is 4.37. The quantitative estimate of drug-likeness (QED) is 0.400. The maximum absolute atomic E-state index is 12.8. The zero-order valence-electron chi connectivity index (χ0n) is 19.4. The number of amides is 3. The van der Waals surface area contributed by atoms with E-state index < -0.39 is 24.1 Å². The normalized spacial score (nSPS) is 11.1. The standard InChI is InChI=1S/C24H30ClN3O5/c1-12(2)22(13(3)4)28-24(32)17-10-16(6-7-19(17)29)33-23-14(5)8-15(9-18(23)25)27-21(31)11-20(26)30/h6-10,12-13,22,29H,11H2,1-5H3,(H2,26,30)(H,27,31)(H,28,32). The van der Waals surface area contributed by atoms with Gasteiger partial charge < -0.3 is 26.2 Å². The second-order valence-electron chi connectivity index (χ2n) is 8.56. The molecule has 0 aliphatic carbocycles. The van der Waals surface area contributed by atoms with Crippen molar-refractivity contribution in [1.82, 2.24) is 5.32 Å². The first-order valence-electron chi connectivity index (χ1n) is 10.6. The second-order valence-corrected chi connectivity index (χ2v) is 8.97. The first-order valence-corrected chi connectivity index (χ1v) is 11.0. The molecule has 178 valence electrons. The molecule has 0 aliphatic rings. The van der Waals surface area contributed by atoms with Gasteiger partial charge in [0.15, 0.2) is 0 Å². The summed E-state index contributed by atoms with van der Waals surface area (Å²) in [7, 11) is 0. The van der Waals surface area contributed by atoms with Crippen molar-refractivity contribution in [3.63, 3.8) is 0 Å². The number of hydrogen-bond donors (Lipinski definition) is 4. The first kappa shape index (κ1) is 26.0. The highest BCUT2D eigenvalue weighted by atomic mass is 35.5. The number of hydrogen-bond acceptors (Lipinski definition) is 5. The number of phenolic OH excluding ortho intramolecular Hbond substituents is 1. The number of aryl methyl sites for hydroxylation is 1. The molecule has 0 aliphatic heterocycles. The molecule has 0 unspecified atom stereocenters. The Kier molecular flexibility index (Phi) is 8.70. The van der Waals surface area contributed by atoms with E-state index in [4.69, 9.17) is 22.1 Å². The molecule has 0 heterocycles. The summed E-state index contributed by atoms with van der Waals surface area (Å²) in [6.07, 6.45) is -0.443. The molecular weight excluding hydrogens is 446 g/mol. The average Bonchev–Trinajstić information content (AvgIpc) is 2.68. The van der Waals surface area contributed by atoms with Gasteiger partial charge in [-0.15, -0.1) is 0 Å². The van der Waals surface area contributed by atoms with Gasteiger partial charge in [0.2, 0.25) is 11.8 Å². The van der Waals surface area contributed by atoms with Gasteiger partial charge >= 0.3 is 0 Å². The highest BCUT2D eigenvalue weighted by molar-refractivity contribution is 6.32. The minimum Gasteiger partial charge on any atom is -0.507 e. The molecule has 33 heavy (non-hydrogen) atoms. The van der Waals surface area contributed by atoms with E-state index in [2.05, 4.69) is 10.6 Å². The summed E-state index contributed by atoms with van der Waals surface area (Å²) in [6.45, 7) is 9.82. The summed E-state index contributed by atoms with van der Waals surface area (Å²) in [5.41, 5.74) is 6.10. The largest absolute Gasteiger partial charge is 0.507 e. The Morgan fingerprint density at radius 3 is 2.27 bits per heavy atom. The lowest BCUT2D eigenvalue weighted by Gasteiger charge is -2.26. The van der Waals surface area contributed by atoms with E-state index in [1.807, 2.05) is 27.7 Å². The number of carbonyl (C=O) groups is 3. The van der Waals surface area contributed by atoms with Crippen LogP contribution in [0.25, 0.3) is 0 Å². The molecule has 0 aromatic heterocycles. The van der Waals surface area contributed by atoms with Crippen LogP contribution in [-0.2, 0) is 9.59 Å². The third-order valence-corrected chi connectivity index (χ3v) is 5.30. The molecule has 0 atom stereocenters. The molecular formula is C24H30ClN3O5. The van der Waals surface area contributed by atoms with Crippen LogP contribution in [-0.4, -0.2) is 28.9 Å². The number of ether oxygens (including phenoxy) is 1. The highest BCUT2D eigenvalue weighted by Gasteiger charge is 2.22. The van der Waals surface area contributed by atoms with Gasteiger partial charge in [-0.2, -0.15) is 0 Å². The number of phenols is 1. The zero-order chi connectivity index (χ0) is 24.9. The number of primary amides is 1. The third-order valence-electron chi connectivity index (χ3n) is 5.01. The fraction of sp³-hybridized carbons (Fsp3) is 0.375. The highest BCUT2D eigenvalue weighted by Crippen LogP contribution is 2.36. The fourth-order valence-electron chi connectivity index (χ4n) is 3.51. The maximum Gasteiger partial charge on any atom is 0.255 e. The van der Waals surface area contributed by atoms with E-state index in [0.29, 0.717) is 22.7 Å². The van der Waals surface area contributed by atoms with Gasteiger partial charge in [0.25, 0.3) is 5.91 Å². The lowest BCUT2D eigenvalue weighted by molar-refractivity contribution is -0.124. The number of halogens is 1. The Hall–Kier alpha value is -3.26. The van der Waals surface area contributed by atoms with E-state index in [-0.39, 0.29) is 34.2 Å². The van der Waals surface area contributed by atoms with E-state index in [1.165, 1.54) is 24.3 Å². The van der Waals surface area contributed by atoms with Crippen LogP contribution in [0, 0.1) is 18.8 Å². The number of rotatable bonds is 9. The number of aromatic hydroxyl groups is 1. The van der Waals surface area contributed by atoms with Crippen molar-refractivity contribution in [2.45, 2.75) is 47.1 Å². The van der Waals surface area contributed by atoms with Crippen molar-refractivity contribution >= 4 is 35.0 Å². The molecule has 2 rings (SSSR count). The van der Waals surface area contributed by atoms with E-state index >= 15 is 0 Å². The summed E-state index contributed by atoms with van der Waals surface area (Å²) in [5, 5.41) is 16.0. The molecule has 5 N–H and O–H groups in total. The molecule has 0 fully saturated rings. The monoisotopic (exact) mass is 475 g/mol. The first-order chi connectivity index (χ1) is 15.4. The number of anilines is 1. The van der Waals surface area contributed by atoms with Crippen LogP contribution < -0.4 is 21.1 Å². The van der Waals surface area contributed by atoms with Gasteiger partial charge in [-0.3, -0.25) is 14.4 Å². The minimum atomic E-state index is -0.740. The summed E-state index contributed by atoms with van der Waals surface area (Å²) >= 11 is 6.35. The average molecular weight is 476 g/mol. The lowest BCUT2D eigenvalue weighted by Crippen LogP contribution is -2.42. The molecule has 0 bridgehead atoms. The van der Waals surface area contributed by atoms with Gasteiger partial charge in [-0.05, 0) is 54.7 Å². The number of carbonyl (C=O) groups excluding carboxylic acids is 3. The third kappa shape index (κ3) is 7.12. The zero-order valence-corrected chi connectivity index (χ0v) is 20.1. The Bertz CT molecular complexity index is 1020. The van der Waals surface area contributed by atoms with Crippen molar-refractivity contribution < 1.29 is 24.2 Å². The van der Waals surface area contributed by atoms with Gasteiger partial charge in [-0.1, -0.05) is 39.3 Å². The molecule has 2 aromatic carbocycles. The van der Waals surface area contributed by atoms with Gasteiger partial charge in [0.05, 0.1) is 10.6 Å². The number of nitrogens with two attached hydrogens (primary N) is 1. The van der Waals surface area contributed by atoms with Crippen LogP contribution in [0.4, 0.5) is 5.69 Å². The van der Waals surface area contributed by atoms with Crippen molar-refractivity contribution in [2.24, 2.45) is 17.6 Å². The molecule has 2 aromatic rings. The number of benzene rings is 2. The number of nitrogens with one attached hydrogen (secondary N) is 2. The molecule has 0 radical (unpaired) electrons. The SMILES string of the molecule is Cc1cc(NC(=O)CC(N)=O)cc(Cl)c1Oc1ccc(O)c(C(=O)NC(C(C)C)C(C)C)c1. The van der Waals surface area contributed by atoms with Crippen LogP contribution in [0.3, 0.4) is 0 Å². The molecule has 0 spiro atoms. The Morgan fingerprint density at radius 1 is 1.09 bits per heavy atom. The van der Waals surface area contributed by atoms with Crippen LogP contribution in [0.1, 0.15) is 50.0 Å². The fourth-order valence-corrected chi connectivity index (χ4v) is 3.81. The smallest absolute Gasteiger partial charge is 0.255 e. The molecule has 0 saturated heterocycles. The summed E-state index contributed by atoms with van der Waals surface area (Å²) < 4.78 is 5.90. The maximum atomic E-state index is 12.8. The topological polar surface area (TPSA) is 131 Å². The van der Waals surface area contributed by atoms with E-state index in [9.17, 15) is 19.5 Å². The van der Waals surface area contributed by atoms with Gasteiger partial charge in [0, 0.05) is 11.7 Å². The van der Waals surface area contributed by atoms with Crippen molar-refractivity contribution in [3.05, 3.63) is 46.5 Å². The second kappa shape index (κ2) is 11.0. The Morgan fingerprint density at radius 2 is 1.73 bits per heavy atom. The molecule has 9 heteroatoms. The molecule has 3 amide bonds. The van der Waals surface area contributed by atoms with Crippen LogP contribution in [0.5, 0.6) is 17.2 Å². The summed E-state index contributed by atoms with van der Waals surface area (Å²) in [5.74, 6) is -0.791. The summed E-state index contributed by atoms with van der Waals surface area (Å²) in [6, 6.07) is 7.39. The molecule has 8 nitrogen and oxygen atoms in total. The van der Waals surface area contributed by atoms with Gasteiger partial charge in [-0.25, -0.2) is 0 Å². The lowest BCUT2D eigenvalue weighted by atomic mass is 9.93. The van der Waals surface area contributed by atoms with E-state index in [0.717, 1.165) is 0 Å². The molecule has 0 saturated carbocycles. The van der Waals surface area contributed by atoms with Crippen molar-refractivity contribution in [1.29, 1.82) is 0 Å². The van der Waals surface area contributed by atoms with Crippen LogP contribution in [0.15, 0.2) is 30.3 Å². The van der Waals surface area contributed by atoms with Crippen LogP contribution >= 0.6 is 11.6 Å². The minimum absolute atomic E-state index is 0.0597. The van der Waals surface area contributed by atoms with Crippen LogP contribution in [0.2, 0.25) is 5.02 Å². The summed E-state index contributed by atoms with van der Waals surface area (Å²) in [4.78, 5) is 35.5. The van der Waals surface area contributed by atoms with Gasteiger partial charge in [0.1, 0.15) is 23.7 Å². The van der Waals surface area contributed by atoms with Crippen molar-refractivity contribution in [2.75, 3.05) is 5.32 Å². The van der Waals surface area contributed by atoms with E-state index in [1.54, 1.807) is 13.0 Å².